The van der Waals surface area contributed by atoms with E-state index in [1.165, 1.54) is 136 Å². The Balaban J connectivity index is 1.69. The minimum atomic E-state index is 0.409. The van der Waals surface area contributed by atoms with Gasteiger partial charge in [-0.15, -0.1) is 0 Å². The molecular formula is C46H75N2O+. The van der Waals surface area contributed by atoms with Gasteiger partial charge in [0.15, 0.2) is 5.69 Å². The summed E-state index contributed by atoms with van der Waals surface area (Å²) in [4.78, 5) is 0. The maximum Gasteiger partial charge on any atom is 0.333 e. The minimum absolute atomic E-state index is 0.409. The van der Waals surface area contributed by atoms with Crippen molar-refractivity contribution in [3.8, 4) is 17.3 Å². The van der Waals surface area contributed by atoms with Crippen LogP contribution in [0.15, 0.2) is 42.7 Å². The lowest BCUT2D eigenvalue weighted by Gasteiger charge is -2.17. The van der Waals surface area contributed by atoms with Gasteiger partial charge < -0.3 is 4.74 Å². The van der Waals surface area contributed by atoms with Crippen molar-refractivity contribution >= 4 is 0 Å². The summed E-state index contributed by atoms with van der Waals surface area (Å²) in [6.45, 7) is 23.8. The van der Waals surface area contributed by atoms with E-state index in [4.69, 9.17) is 4.74 Å². The monoisotopic (exact) mass is 672 g/mol. The smallest absolute Gasteiger partial charge is 0.333 e. The molecule has 0 atom stereocenters. The number of rotatable bonds is 24. The molecule has 49 heavy (non-hydrogen) atoms. The summed E-state index contributed by atoms with van der Waals surface area (Å²) in [6.07, 6.45) is 24.4. The van der Waals surface area contributed by atoms with E-state index in [2.05, 4.69) is 121 Å². The molecule has 0 N–H and O–H groups in total. The second-order valence-corrected chi connectivity index (χ2v) is 16.1. The molecule has 3 heteroatoms. The fraction of sp³-hybridized carbons (Fsp3) is 0.674. The molecule has 0 saturated carbocycles. The van der Waals surface area contributed by atoms with Gasteiger partial charge in [-0.25, -0.2) is 0 Å². The van der Waals surface area contributed by atoms with Crippen molar-refractivity contribution in [2.75, 3.05) is 6.61 Å². The van der Waals surface area contributed by atoms with Gasteiger partial charge in [-0.2, -0.15) is 9.13 Å². The average Bonchev–Trinajstić information content (AvgIpc) is 3.39. The van der Waals surface area contributed by atoms with E-state index < -0.39 is 0 Å². The molecule has 3 aromatic rings. The van der Waals surface area contributed by atoms with E-state index >= 15 is 0 Å². The highest BCUT2D eigenvalue weighted by Crippen LogP contribution is 2.35. The largest absolute Gasteiger partial charge is 0.459 e. The Labute approximate surface area is 303 Å². The molecule has 0 aliphatic heterocycles. The standard InChI is InChI=1S/C46H75N2O/c1-11-12-13-14-15-16-17-18-19-20-21-22-23-24-25-26-33-49-46-39(10)47(44-40(35(2)3)29-27-30-41(44)36(4)5)34-48(46)45-42(37(6)7)31-28-32-43(45)38(8)9/h27-32,34-38H,11-26,33H2,1-10H3/q+1. The summed E-state index contributed by atoms with van der Waals surface area (Å²) in [5.41, 5.74) is 9.33. The molecule has 0 aliphatic rings. The van der Waals surface area contributed by atoms with E-state index in [0.29, 0.717) is 23.7 Å². The van der Waals surface area contributed by atoms with Gasteiger partial charge in [0.1, 0.15) is 11.4 Å². The fourth-order valence-electron chi connectivity index (χ4n) is 7.49. The van der Waals surface area contributed by atoms with Crippen LogP contribution in [0.5, 0.6) is 5.88 Å². The zero-order chi connectivity index (χ0) is 35.8. The SMILES string of the molecule is CCCCCCCCCCCCCCCCCCOc1c(C)n(-c2c(C(C)C)cccc2C(C)C)c[n+]1-c1c(C(C)C)cccc1C(C)C. The van der Waals surface area contributed by atoms with Crippen LogP contribution < -0.4 is 9.30 Å². The average molecular weight is 672 g/mol. The van der Waals surface area contributed by atoms with Crippen LogP contribution in [0.3, 0.4) is 0 Å². The maximum atomic E-state index is 6.86. The number of benzene rings is 2. The Hall–Kier alpha value is -2.55. The third-order valence-corrected chi connectivity index (χ3v) is 10.5. The van der Waals surface area contributed by atoms with Crippen LogP contribution in [0, 0.1) is 6.92 Å². The quantitative estimate of drug-likeness (QED) is 0.0684. The second kappa shape index (κ2) is 21.6. The molecule has 0 unspecified atom stereocenters. The van der Waals surface area contributed by atoms with Gasteiger partial charge in [0.2, 0.25) is 0 Å². The zero-order valence-electron chi connectivity index (χ0n) is 33.7. The highest BCUT2D eigenvalue weighted by molar-refractivity contribution is 5.53. The molecule has 3 nitrogen and oxygen atoms in total. The molecule has 274 valence electrons. The summed E-state index contributed by atoms with van der Waals surface area (Å²) < 4.78 is 11.7. The molecule has 2 aromatic carbocycles. The Bertz CT molecular complexity index is 1310. The van der Waals surface area contributed by atoms with Gasteiger partial charge in [-0.05, 0) is 30.1 Å². The normalized spacial score (nSPS) is 12.0. The Morgan fingerprint density at radius 1 is 0.531 bits per heavy atom. The first-order valence-electron chi connectivity index (χ1n) is 20.6. The summed E-state index contributed by atoms with van der Waals surface area (Å²) in [7, 11) is 0. The third kappa shape index (κ3) is 12.0. The number of aromatic nitrogens is 2. The van der Waals surface area contributed by atoms with Crippen LogP contribution in [0.4, 0.5) is 0 Å². The molecule has 0 saturated heterocycles. The Kier molecular flexibility index (Phi) is 18.0. The van der Waals surface area contributed by atoms with Gasteiger partial charge in [-0.1, -0.05) is 195 Å². The fourth-order valence-corrected chi connectivity index (χ4v) is 7.49. The molecule has 1 heterocycles. The Morgan fingerprint density at radius 2 is 0.898 bits per heavy atom. The number of nitrogens with zero attached hydrogens (tertiary/aromatic N) is 2. The summed E-state index contributed by atoms with van der Waals surface area (Å²) in [5, 5.41) is 0. The van der Waals surface area contributed by atoms with E-state index in [9.17, 15) is 0 Å². The van der Waals surface area contributed by atoms with Gasteiger partial charge in [0.05, 0.1) is 6.61 Å². The van der Waals surface area contributed by atoms with Gasteiger partial charge >= 0.3 is 5.88 Å². The minimum Gasteiger partial charge on any atom is -0.459 e. The number of unbranched alkanes of at least 4 members (excludes halogenated alkanes) is 15. The van der Waals surface area contributed by atoms with Crippen molar-refractivity contribution in [2.45, 2.75) is 196 Å². The lowest BCUT2D eigenvalue weighted by Crippen LogP contribution is -2.34. The molecule has 0 aliphatic carbocycles. The van der Waals surface area contributed by atoms with Crippen LogP contribution in [-0.4, -0.2) is 11.2 Å². The van der Waals surface area contributed by atoms with Crippen LogP contribution >= 0.6 is 0 Å². The highest BCUT2D eigenvalue weighted by atomic mass is 16.5. The number of para-hydroxylation sites is 2. The van der Waals surface area contributed by atoms with Crippen molar-refractivity contribution in [1.82, 2.24) is 4.57 Å². The van der Waals surface area contributed by atoms with Crippen molar-refractivity contribution < 1.29 is 9.30 Å². The van der Waals surface area contributed by atoms with Gasteiger partial charge in [0.25, 0.3) is 6.33 Å². The number of hydrogen-bond donors (Lipinski definition) is 0. The molecule has 1 aromatic heterocycles. The molecule has 0 fully saturated rings. The van der Waals surface area contributed by atoms with E-state index in [1.54, 1.807) is 0 Å². The maximum absolute atomic E-state index is 6.86. The first kappa shape index (κ1) is 40.9. The Morgan fingerprint density at radius 3 is 1.29 bits per heavy atom. The van der Waals surface area contributed by atoms with Gasteiger partial charge in [-0.3, -0.25) is 0 Å². The van der Waals surface area contributed by atoms with Crippen molar-refractivity contribution in [1.29, 1.82) is 0 Å². The number of imidazole rings is 1. The molecular weight excluding hydrogens is 597 g/mol. The van der Waals surface area contributed by atoms with Gasteiger partial charge in [0, 0.05) is 29.2 Å². The molecule has 0 amide bonds. The van der Waals surface area contributed by atoms with Crippen LogP contribution in [0.25, 0.3) is 11.4 Å². The summed E-state index contributed by atoms with van der Waals surface area (Å²) >= 11 is 0. The molecule has 0 radical (unpaired) electrons. The predicted molar refractivity (Wildman–Crippen MR) is 213 cm³/mol. The third-order valence-electron chi connectivity index (χ3n) is 10.5. The number of hydrogen-bond acceptors (Lipinski definition) is 1. The highest BCUT2D eigenvalue weighted by Gasteiger charge is 2.31. The van der Waals surface area contributed by atoms with Crippen LogP contribution in [0.1, 0.15) is 217 Å². The van der Waals surface area contributed by atoms with Crippen LogP contribution in [0.2, 0.25) is 0 Å². The first-order valence-corrected chi connectivity index (χ1v) is 20.6. The lowest BCUT2D eigenvalue weighted by atomic mass is 9.92. The lowest BCUT2D eigenvalue weighted by molar-refractivity contribution is -0.603. The van der Waals surface area contributed by atoms with Crippen LogP contribution in [-0.2, 0) is 0 Å². The topological polar surface area (TPSA) is 18.0 Å². The van der Waals surface area contributed by atoms with Crippen molar-refractivity contribution in [2.24, 2.45) is 0 Å². The second-order valence-electron chi connectivity index (χ2n) is 16.1. The predicted octanol–water partition coefficient (Wildman–Crippen LogP) is 14.2. The van der Waals surface area contributed by atoms with E-state index in [-0.39, 0.29) is 0 Å². The summed E-state index contributed by atoms with van der Waals surface area (Å²) in [6, 6.07) is 13.7. The molecule has 0 bridgehead atoms. The van der Waals surface area contributed by atoms with Crippen molar-refractivity contribution in [3.63, 3.8) is 0 Å². The summed E-state index contributed by atoms with van der Waals surface area (Å²) in [5.74, 6) is 2.66. The van der Waals surface area contributed by atoms with Crippen molar-refractivity contribution in [3.05, 3.63) is 70.7 Å². The zero-order valence-corrected chi connectivity index (χ0v) is 33.7. The molecule has 3 rings (SSSR count). The first-order chi connectivity index (χ1) is 23.6. The number of ether oxygens (including phenoxy) is 1. The van der Waals surface area contributed by atoms with E-state index in [1.807, 2.05) is 0 Å². The van der Waals surface area contributed by atoms with E-state index in [0.717, 1.165) is 18.9 Å². The molecule has 0 spiro atoms.